The van der Waals surface area contributed by atoms with E-state index in [1.165, 1.54) is 59.1 Å². The van der Waals surface area contributed by atoms with Crippen molar-refractivity contribution in [2.24, 2.45) is 0 Å². The third kappa shape index (κ3) is 3.94. The molecule has 0 spiro atoms. The molecule has 0 radical (unpaired) electrons. The van der Waals surface area contributed by atoms with Gasteiger partial charge in [-0.1, -0.05) is 59.9 Å². The molecule has 0 amide bonds. The van der Waals surface area contributed by atoms with Crippen LogP contribution >= 0.6 is 0 Å². The molecule has 2 unspecified atom stereocenters. The summed E-state index contributed by atoms with van der Waals surface area (Å²) in [5.74, 6) is 0. The largest absolute Gasteiger partial charge is 0.454 e. The molecule has 0 saturated carbocycles. The highest BCUT2D eigenvalue weighted by molar-refractivity contribution is 6.70. The molecule has 3 heteroatoms. The lowest BCUT2D eigenvalue weighted by Crippen LogP contribution is -2.21. The maximum absolute atomic E-state index is 6.33. The van der Waals surface area contributed by atoms with Crippen molar-refractivity contribution in [2.45, 2.75) is 38.8 Å². The quantitative estimate of drug-likeness (QED) is 0.692. The SMILES string of the molecule is C[SiH](C=Cc1ccc2c(c1)CC2)O[SiH](C)C=Cc1ccc2c(c1)CC2. The van der Waals surface area contributed by atoms with E-state index < -0.39 is 18.1 Å². The molecule has 128 valence electrons. The highest BCUT2D eigenvalue weighted by atomic mass is 28.4. The second-order valence-corrected chi connectivity index (χ2v) is 12.0. The van der Waals surface area contributed by atoms with Crippen molar-refractivity contribution in [1.29, 1.82) is 0 Å². The van der Waals surface area contributed by atoms with Gasteiger partial charge in [0.15, 0.2) is 18.1 Å². The number of fused-ring (bicyclic) bond motifs is 2. The zero-order valence-electron chi connectivity index (χ0n) is 15.2. The Balaban J connectivity index is 1.31. The predicted octanol–water partition coefficient (Wildman–Crippen LogP) is 4.41. The van der Waals surface area contributed by atoms with E-state index in [4.69, 9.17) is 4.12 Å². The molecule has 0 saturated heterocycles. The first-order chi connectivity index (χ1) is 12.2. The lowest BCUT2D eigenvalue weighted by Gasteiger charge is -2.19. The van der Waals surface area contributed by atoms with Crippen molar-refractivity contribution >= 4 is 30.2 Å². The lowest BCUT2D eigenvalue weighted by molar-refractivity contribution is 0.619. The molecule has 2 atom stereocenters. The van der Waals surface area contributed by atoms with E-state index in [9.17, 15) is 0 Å². The molecule has 0 aliphatic heterocycles. The Morgan fingerprint density at radius 1 is 0.680 bits per heavy atom. The van der Waals surface area contributed by atoms with Gasteiger partial charge in [-0.3, -0.25) is 0 Å². The molecule has 0 fully saturated rings. The van der Waals surface area contributed by atoms with E-state index in [-0.39, 0.29) is 0 Å². The topological polar surface area (TPSA) is 9.23 Å². The molecule has 25 heavy (non-hydrogen) atoms. The van der Waals surface area contributed by atoms with Gasteiger partial charge >= 0.3 is 0 Å². The summed E-state index contributed by atoms with van der Waals surface area (Å²) in [6.45, 7) is 4.56. The van der Waals surface area contributed by atoms with Gasteiger partial charge in [0.2, 0.25) is 0 Å². The van der Waals surface area contributed by atoms with Crippen molar-refractivity contribution in [2.75, 3.05) is 0 Å². The molecule has 0 heterocycles. The van der Waals surface area contributed by atoms with Crippen molar-refractivity contribution in [3.8, 4) is 0 Å². The second kappa shape index (κ2) is 7.28. The Morgan fingerprint density at radius 2 is 1.12 bits per heavy atom. The minimum Gasteiger partial charge on any atom is -0.454 e. The van der Waals surface area contributed by atoms with Gasteiger partial charge in [0, 0.05) is 0 Å². The fourth-order valence-corrected chi connectivity index (χ4v) is 7.98. The van der Waals surface area contributed by atoms with Crippen LogP contribution in [0.3, 0.4) is 0 Å². The zero-order valence-corrected chi connectivity index (χ0v) is 17.5. The summed E-state index contributed by atoms with van der Waals surface area (Å²) >= 11 is 0. The van der Waals surface area contributed by atoms with Gasteiger partial charge < -0.3 is 4.12 Å². The van der Waals surface area contributed by atoms with Crippen LogP contribution in [0, 0.1) is 0 Å². The van der Waals surface area contributed by atoms with Gasteiger partial charge in [0.25, 0.3) is 0 Å². The molecule has 2 aromatic rings. The van der Waals surface area contributed by atoms with Gasteiger partial charge in [0.05, 0.1) is 0 Å². The minimum absolute atomic E-state index is 1.24. The third-order valence-electron chi connectivity index (χ3n) is 5.34. The molecule has 1 nitrogen and oxygen atoms in total. The Labute approximate surface area is 154 Å². The number of benzene rings is 2. The van der Waals surface area contributed by atoms with Gasteiger partial charge in [-0.25, -0.2) is 0 Å². The van der Waals surface area contributed by atoms with Gasteiger partial charge in [0.1, 0.15) is 0 Å². The average molecular weight is 363 g/mol. The van der Waals surface area contributed by atoms with Gasteiger partial charge in [-0.05, 0) is 72.2 Å². The van der Waals surface area contributed by atoms with Gasteiger partial charge in [-0.15, -0.1) is 0 Å². The lowest BCUT2D eigenvalue weighted by atomic mass is 9.87. The Bertz CT molecular complexity index is 768. The summed E-state index contributed by atoms with van der Waals surface area (Å²) in [5.41, 5.74) is 13.4. The van der Waals surface area contributed by atoms with Crippen LogP contribution < -0.4 is 0 Å². The maximum Gasteiger partial charge on any atom is 0.185 e. The summed E-state index contributed by atoms with van der Waals surface area (Å²) < 4.78 is 6.33. The summed E-state index contributed by atoms with van der Waals surface area (Å²) in [5, 5.41) is 0. The Hall–Kier alpha value is -1.69. The maximum atomic E-state index is 6.33. The standard InChI is InChI=1S/C22H26OSi2/c1-24(13-11-17-3-5-19-7-9-21(19)15-17)23-25(2)14-12-18-4-6-20-8-10-22(20)16-18/h3-6,11-16,24-25H,7-10H2,1-2H3. The van der Waals surface area contributed by atoms with E-state index >= 15 is 0 Å². The first-order valence-electron chi connectivity index (χ1n) is 9.43. The smallest absolute Gasteiger partial charge is 0.185 e. The molecule has 2 aromatic carbocycles. The number of hydrogen-bond acceptors (Lipinski definition) is 1. The number of aryl methyl sites for hydroxylation is 4. The molecular formula is C22H26OSi2. The van der Waals surface area contributed by atoms with Crippen molar-refractivity contribution in [1.82, 2.24) is 0 Å². The summed E-state index contributed by atoms with van der Waals surface area (Å²) in [7, 11) is -2.48. The summed E-state index contributed by atoms with van der Waals surface area (Å²) in [4.78, 5) is 0. The van der Waals surface area contributed by atoms with E-state index in [2.05, 4.69) is 73.0 Å². The summed E-state index contributed by atoms with van der Waals surface area (Å²) in [6, 6.07) is 13.7. The van der Waals surface area contributed by atoms with Crippen LogP contribution in [-0.2, 0) is 29.8 Å². The third-order valence-corrected chi connectivity index (χ3v) is 10.2. The second-order valence-electron chi connectivity index (χ2n) is 7.32. The fourth-order valence-electron chi connectivity index (χ4n) is 3.56. The van der Waals surface area contributed by atoms with Crippen LogP contribution in [0.2, 0.25) is 13.1 Å². The van der Waals surface area contributed by atoms with Crippen LogP contribution in [0.4, 0.5) is 0 Å². The molecule has 0 N–H and O–H groups in total. The molecule has 2 aliphatic carbocycles. The molecule has 0 bridgehead atoms. The van der Waals surface area contributed by atoms with Crippen LogP contribution in [0.1, 0.15) is 33.4 Å². The summed E-state index contributed by atoms with van der Waals surface area (Å²) in [6.07, 6.45) is 9.53. The van der Waals surface area contributed by atoms with Crippen molar-refractivity contribution in [3.05, 3.63) is 81.2 Å². The van der Waals surface area contributed by atoms with Crippen LogP contribution in [-0.4, -0.2) is 18.1 Å². The van der Waals surface area contributed by atoms with Crippen molar-refractivity contribution < 1.29 is 4.12 Å². The number of rotatable bonds is 6. The molecule has 2 aliphatic rings. The fraction of sp³-hybridized carbons (Fsp3) is 0.273. The molecule has 4 rings (SSSR count). The van der Waals surface area contributed by atoms with E-state index in [1.807, 2.05) is 0 Å². The first-order valence-corrected chi connectivity index (χ1v) is 14.0. The normalized spacial score (nSPS) is 17.7. The van der Waals surface area contributed by atoms with Crippen LogP contribution in [0.5, 0.6) is 0 Å². The monoisotopic (exact) mass is 362 g/mol. The van der Waals surface area contributed by atoms with E-state index in [0.29, 0.717) is 0 Å². The predicted molar refractivity (Wildman–Crippen MR) is 113 cm³/mol. The Morgan fingerprint density at radius 3 is 1.48 bits per heavy atom. The Kier molecular flexibility index (Phi) is 4.88. The molecule has 0 aromatic heterocycles. The highest BCUT2D eigenvalue weighted by Gasteiger charge is 2.13. The van der Waals surface area contributed by atoms with Crippen LogP contribution in [0.25, 0.3) is 12.2 Å². The highest BCUT2D eigenvalue weighted by Crippen LogP contribution is 2.25. The van der Waals surface area contributed by atoms with Crippen molar-refractivity contribution in [3.63, 3.8) is 0 Å². The first kappa shape index (κ1) is 16.8. The van der Waals surface area contributed by atoms with E-state index in [1.54, 1.807) is 0 Å². The van der Waals surface area contributed by atoms with Crippen LogP contribution in [0.15, 0.2) is 47.8 Å². The average Bonchev–Trinajstić information content (AvgIpc) is 2.55. The van der Waals surface area contributed by atoms with Gasteiger partial charge in [-0.2, -0.15) is 0 Å². The molecular weight excluding hydrogens is 336 g/mol. The van der Waals surface area contributed by atoms with E-state index in [0.717, 1.165) is 0 Å². The zero-order chi connectivity index (χ0) is 17.2. The minimum atomic E-state index is -1.24. The number of hydrogen-bond donors (Lipinski definition) is 0.